The second kappa shape index (κ2) is 7.55. The summed E-state index contributed by atoms with van der Waals surface area (Å²) >= 11 is 7.32. The van der Waals surface area contributed by atoms with Crippen LogP contribution in [0.5, 0.6) is 5.75 Å². The second-order valence-electron chi connectivity index (χ2n) is 5.16. The van der Waals surface area contributed by atoms with Gasteiger partial charge in [0.2, 0.25) is 0 Å². The molecule has 1 heterocycles. The van der Waals surface area contributed by atoms with Gasteiger partial charge in [-0.2, -0.15) is 0 Å². The summed E-state index contributed by atoms with van der Waals surface area (Å²) in [5.41, 5.74) is 0.797. The largest absolute Gasteiger partial charge is 0.505 e. The van der Waals surface area contributed by atoms with Gasteiger partial charge in [-0.1, -0.05) is 35.9 Å². The van der Waals surface area contributed by atoms with Crippen molar-refractivity contribution < 1.29 is 19.4 Å². The number of aromatic nitrogens is 1. The van der Waals surface area contributed by atoms with E-state index in [2.05, 4.69) is 15.0 Å². The first-order valence-corrected chi connectivity index (χ1v) is 8.63. The van der Waals surface area contributed by atoms with Gasteiger partial charge in [0.15, 0.2) is 5.75 Å². The molecule has 0 saturated carbocycles. The minimum Gasteiger partial charge on any atom is -0.505 e. The number of ether oxygens (including phenoxy) is 1. The Bertz CT molecular complexity index is 987. The van der Waals surface area contributed by atoms with E-state index in [0.29, 0.717) is 14.9 Å². The number of anilines is 1. The number of carbonyl (C=O) groups excluding carboxylic acids is 2. The van der Waals surface area contributed by atoms with Crippen molar-refractivity contribution >= 4 is 40.5 Å². The van der Waals surface area contributed by atoms with E-state index in [4.69, 9.17) is 11.6 Å². The van der Waals surface area contributed by atoms with Crippen LogP contribution in [0.4, 0.5) is 5.69 Å². The molecule has 0 fully saturated rings. The molecule has 26 heavy (non-hydrogen) atoms. The van der Waals surface area contributed by atoms with Crippen LogP contribution in [0.15, 0.2) is 48.7 Å². The standard InChI is InChI=1S/C18H13ClN2O4S/c1-25-18(24)11-6-4-8-13(15(11)22)21-16(23)14-9-20-17(26-14)10-5-2-3-7-12(10)19/h2-9,22H,1H3,(H,21,23). The fraction of sp³-hybridized carbons (Fsp3) is 0.0556. The van der Waals surface area contributed by atoms with Crippen LogP contribution in [0.25, 0.3) is 10.6 Å². The summed E-state index contributed by atoms with van der Waals surface area (Å²) in [6.45, 7) is 0. The van der Waals surface area contributed by atoms with E-state index >= 15 is 0 Å². The molecule has 6 nitrogen and oxygen atoms in total. The number of halogens is 1. The lowest BCUT2D eigenvalue weighted by molar-refractivity contribution is 0.0597. The Morgan fingerprint density at radius 3 is 2.69 bits per heavy atom. The van der Waals surface area contributed by atoms with Gasteiger partial charge in [0.25, 0.3) is 5.91 Å². The van der Waals surface area contributed by atoms with E-state index in [1.807, 2.05) is 18.2 Å². The Balaban J connectivity index is 1.84. The molecule has 0 unspecified atom stereocenters. The van der Waals surface area contributed by atoms with Gasteiger partial charge in [0.05, 0.1) is 24.0 Å². The van der Waals surface area contributed by atoms with Crippen LogP contribution >= 0.6 is 22.9 Å². The monoisotopic (exact) mass is 388 g/mol. The van der Waals surface area contributed by atoms with Crippen LogP contribution < -0.4 is 5.32 Å². The molecule has 0 spiro atoms. The smallest absolute Gasteiger partial charge is 0.341 e. The predicted molar refractivity (Wildman–Crippen MR) is 100.0 cm³/mol. The summed E-state index contributed by atoms with van der Waals surface area (Å²) in [6.07, 6.45) is 1.43. The highest BCUT2D eigenvalue weighted by atomic mass is 35.5. The Kier molecular flexibility index (Phi) is 5.20. The van der Waals surface area contributed by atoms with Crippen LogP contribution in [-0.4, -0.2) is 29.1 Å². The third-order valence-electron chi connectivity index (χ3n) is 3.52. The molecular weight excluding hydrogens is 376 g/mol. The van der Waals surface area contributed by atoms with Crippen molar-refractivity contribution in [3.05, 3.63) is 64.1 Å². The molecule has 8 heteroatoms. The first-order chi connectivity index (χ1) is 12.5. The summed E-state index contributed by atoms with van der Waals surface area (Å²) < 4.78 is 4.59. The molecule has 0 atom stereocenters. The molecule has 3 rings (SSSR count). The molecule has 0 aliphatic rings. The number of thiazole rings is 1. The molecule has 0 saturated heterocycles. The fourth-order valence-corrected chi connectivity index (χ4v) is 3.37. The highest BCUT2D eigenvalue weighted by molar-refractivity contribution is 7.17. The molecule has 0 radical (unpaired) electrons. The molecule has 0 aliphatic carbocycles. The van der Waals surface area contributed by atoms with Crippen molar-refractivity contribution in [1.29, 1.82) is 0 Å². The number of rotatable bonds is 4. The first-order valence-electron chi connectivity index (χ1n) is 7.43. The second-order valence-corrected chi connectivity index (χ2v) is 6.59. The normalized spacial score (nSPS) is 10.4. The van der Waals surface area contributed by atoms with Crippen molar-refractivity contribution in [2.45, 2.75) is 0 Å². The summed E-state index contributed by atoms with van der Waals surface area (Å²) in [6, 6.07) is 11.6. The molecule has 0 aliphatic heterocycles. The number of aromatic hydroxyl groups is 1. The number of carbonyl (C=O) groups is 2. The number of hydrogen-bond donors (Lipinski definition) is 2. The number of phenols is 1. The highest BCUT2D eigenvalue weighted by Crippen LogP contribution is 2.32. The number of hydrogen-bond acceptors (Lipinski definition) is 6. The van der Waals surface area contributed by atoms with Crippen molar-refractivity contribution in [2.24, 2.45) is 0 Å². The Morgan fingerprint density at radius 2 is 1.96 bits per heavy atom. The summed E-state index contributed by atoms with van der Waals surface area (Å²) in [4.78, 5) is 28.6. The summed E-state index contributed by atoms with van der Waals surface area (Å²) in [7, 11) is 1.21. The van der Waals surface area contributed by atoms with E-state index in [9.17, 15) is 14.7 Å². The Labute approximate surface area is 158 Å². The van der Waals surface area contributed by atoms with E-state index in [0.717, 1.165) is 5.56 Å². The van der Waals surface area contributed by atoms with Gasteiger partial charge in [-0.05, 0) is 18.2 Å². The van der Waals surface area contributed by atoms with Crippen LogP contribution in [0.2, 0.25) is 5.02 Å². The zero-order valence-electron chi connectivity index (χ0n) is 13.5. The van der Waals surface area contributed by atoms with Crippen molar-refractivity contribution in [3.63, 3.8) is 0 Å². The number of phenolic OH excluding ortho intramolecular Hbond substituents is 1. The molecule has 1 aromatic heterocycles. The zero-order valence-corrected chi connectivity index (χ0v) is 15.1. The van der Waals surface area contributed by atoms with E-state index < -0.39 is 11.9 Å². The quantitative estimate of drug-likeness (QED) is 0.516. The third-order valence-corrected chi connectivity index (χ3v) is 4.88. The van der Waals surface area contributed by atoms with Gasteiger partial charge >= 0.3 is 5.97 Å². The molecule has 2 N–H and O–H groups in total. The Hall–Kier alpha value is -2.90. The average molecular weight is 389 g/mol. The molecule has 132 valence electrons. The lowest BCUT2D eigenvalue weighted by Gasteiger charge is -2.09. The maximum Gasteiger partial charge on any atom is 0.341 e. The molecular formula is C18H13ClN2O4S. The molecule has 1 amide bonds. The van der Waals surface area contributed by atoms with Crippen molar-refractivity contribution in [1.82, 2.24) is 4.98 Å². The number of benzene rings is 2. The fourth-order valence-electron chi connectivity index (χ4n) is 2.24. The van der Waals surface area contributed by atoms with E-state index in [1.165, 1.54) is 42.8 Å². The number of methoxy groups -OCH3 is 1. The minimum absolute atomic E-state index is 0.0358. The zero-order chi connectivity index (χ0) is 18.7. The Morgan fingerprint density at radius 1 is 1.19 bits per heavy atom. The SMILES string of the molecule is COC(=O)c1cccc(NC(=O)c2cnc(-c3ccccc3Cl)s2)c1O. The number of amides is 1. The lowest BCUT2D eigenvalue weighted by atomic mass is 10.1. The number of para-hydroxylation sites is 1. The van der Waals surface area contributed by atoms with Crippen molar-refractivity contribution in [3.8, 4) is 16.3 Å². The van der Waals surface area contributed by atoms with Crippen LogP contribution in [0.1, 0.15) is 20.0 Å². The molecule has 2 aromatic carbocycles. The topological polar surface area (TPSA) is 88.5 Å². The minimum atomic E-state index is -0.697. The van der Waals surface area contributed by atoms with E-state index in [-0.39, 0.29) is 17.0 Å². The molecule has 3 aromatic rings. The summed E-state index contributed by atoms with van der Waals surface area (Å²) in [5.74, 6) is -1.51. The predicted octanol–water partition coefficient (Wildman–Crippen LogP) is 4.21. The maximum absolute atomic E-state index is 12.4. The van der Waals surface area contributed by atoms with Crippen LogP contribution in [-0.2, 0) is 4.74 Å². The van der Waals surface area contributed by atoms with Gasteiger partial charge < -0.3 is 15.2 Å². The van der Waals surface area contributed by atoms with Crippen LogP contribution in [0.3, 0.4) is 0 Å². The van der Waals surface area contributed by atoms with Gasteiger partial charge in [0, 0.05) is 5.56 Å². The van der Waals surface area contributed by atoms with Gasteiger partial charge in [-0.25, -0.2) is 9.78 Å². The number of esters is 1. The van der Waals surface area contributed by atoms with Gasteiger partial charge in [-0.15, -0.1) is 11.3 Å². The number of nitrogens with one attached hydrogen (secondary N) is 1. The molecule has 0 bridgehead atoms. The van der Waals surface area contributed by atoms with Gasteiger partial charge in [0.1, 0.15) is 15.4 Å². The lowest BCUT2D eigenvalue weighted by Crippen LogP contribution is -2.11. The van der Waals surface area contributed by atoms with Crippen molar-refractivity contribution in [2.75, 3.05) is 12.4 Å². The van der Waals surface area contributed by atoms with Gasteiger partial charge in [-0.3, -0.25) is 4.79 Å². The maximum atomic E-state index is 12.4. The average Bonchev–Trinajstić information content (AvgIpc) is 3.13. The highest BCUT2D eigenvalue weighted by Gasteiger charge is 2.18. The van der Waals surface area contributed by atoms with Crippen LogP contribution in [0, 0.1) is 0 Å². The number of nitrogens with zero attached hydrogens (tertiary/aromatic N) is 1. The first kappa shape index (κ1) is 17.9. The summed E-state index contributed by atoms with van der Waals surface area (Å²) in [5, 5.41) is 13.9. The third kappa shape index (κ3) is 3.54. The van der Waals surface area contributed by atoms with E-state index in [1.54, 1.807) is 6.07 Å².